The Kier molecular flexibility index (Phi) is 4.90. The summed E-state index contributed by atoms with van der Waals surface area (Å²) in [6.45, 7) is 0. The highest BCUT2D eigenvalue weighted by Gasteiger charge is 2.19. The summed E-state index contributed by atoms with van der Waals surface area (Å²) in [5.74, 6) is 0. The van der Waals surface area contributed by atoms with Crippen molar-refractivity contribution in [3.8, 4) is 22.3 Å². The maximum atomic E-state index is 6.86. The molecule has 0 amide bonds. The highest BCUT2D eigenvalue weighted by atomic mass is 16.3. The van der Waals surface area contributed by atoms with E-state index < -0.39 is 0 Å². The SMILES string of the molecule is c1ccc2c(c1)ccc1cc(-c3cc(-c4ccc5ccc6cccc7ccc4c5c67)cc4oc5c6ccccc6ccc5c34)ccc12. The van der Waals surface area contributed by atoms with Crippen molar-refractivity contribution < 1.29 is 4.42 Å². The zero-order chi connectivity index (χ0) is 30.6. The van der Waals surface area contributed by atoms with E-state index >= 15 is 0 Å². The number of hydrogen-bond acceptors (Lipinski definition) is 1. The Bertz CT molecular complexity index is 3050. The summed E-state index contributed by atoms with van der Waals surface area (Å²) in [5.41, 5.74) is 6.61. The van der Waals surface area contributed by atoms with Gasteiger partial charge in [0.1, 0.15) is 11.2 Å². The van der Waals surface area contributed by atoms with Crippen LogP contribution in [0.1, 0.15) is 0 Å². The van der Waals surface area contributed by atoms with Gasteiger partial charge in [-0.1, -0.05) is 133 Å². The topological polar surface area (TPSA) is 13.1 Å². The molecule has 0 aliphatic rings. The Hall–Kier alpha value is -6.18. The van der Waals surface area contributed by atoms with Crippen molar-refractivity contribution in [2.45, 2.75) is 0 Å². The van der Waals surface area contributed by atoms with E-state index in [0.29, 0.717) is 0 Å². The fourth-order valence-electron chi connectivity index (χ4n) is 8.18. The third-order valence-corrected chi connectivity index (χ3v) is 10.4. The third kappa shape index (κ3) is 3.49. The zero-order valence-electron chi connectivity index (χ0n) is 25.4. The van der Waals surface area contributed by atoms with Gasteiger partial charge in [0.2, 0.25) is 0 Å². The van der Waals surface area contributed by atoms with Crippen LogP contribution in [0.4, 0.5) is 0 Å². The molecule has 0 N–H and O–H groups in total. The van der Waals surface area contributed by atoms with Crippen LogP contribution in [0.25, 0.3) is 109 Å². The van der Waals surface area contributed by atoms with Gasteiger partial charge in [0, 0.05) is 16.2 Å². The number of hydrogen-bond donors (Lipinski definition) is 0. The first kappa shape index (κ1) is 25.1. The molecule has 11 rings (SSSR count). The second-order valence-electron chi connectivity index (χ2n) is 12.9. The molecule has 47 heavy (non-hydrogen) atoms. The van der Waals surface area contributed by atoms with E-state index in [-0.39, 0.29) is 0 Å². The smallest absolute Gasteiger partial charge is 0.143 e. The minimum absolute atomic E-state index is 0.910. The molecule has 0 atom stereocenters. The van der Waals surface area contributed by atoms with E-state index in [1.165, 1.54) is 75.9 Å². The normalized spacial score (nSPS) is 12.3. The van der Waals surface area contributed by atoms with Crippen LogP contribution in [0.2, 0.25) is 0 Å². The van der Waals surface area contributed by atoms with Crippen molar-refractivity contribution in [3.05, 3.63) is 158 Å². The Labute approximate surface area is 270 Å². The van der Waals surface area contributed by atoms with Crippen LogP contribution < -0.4 is 0 Å². The summed E-state index contributed by atoms with van der Waals surface area (Å²) in [4.78, 5) is 0. The summed E-state index contributed by atoms with van der Waals surface area (Å²) in [6, 6.07) is 57.9. The summed E-state index contributed by atoms with van der Waals surface area (Å²) < 4.78 is 6.86. The van der Waals surface area contributed by atoms with Gasteiger partial charge in [-0.25, -0.2) is 0 Å². The molecule has 216 valence electrons. The van der Waals surface area contributed by atoms with Gasteiger partial charge in [-0.2, -0.15) is 0 Å². The monoisotopic (exact) mass is 594 g/mol. The van der Waals surface area contributed by atoms with Gasteiger partial charge < -0.3 is 4.42 Å². The lowest BCUT2D eigenvalue weighted by atomic mass is 9.88. The van der Waals surface area contributed by atoms with Gasteiger partial charge in [-0.15, -0.1) is 0 Å². The van der Waals surface area contributed by atoms with Gasteiger partial charge in [-0.05, 0) is 106 Å². The fourth-order valence-corrected chi connectivity index (χ4v) is 8.18. The molecule has 1 aromatic heterocycles. The molecule has 0 fully saturated rings. The molecule has 0 aliphatic carbocycles. The number of fused-ring (bicyclic) bond motifs is 8. The number of furan rings is 1. The summed E-state index contributed by atoms with van der Waals surface area (Å²) in [6.07, 6.45) is 0. The minimum atomic E-state index is 0.910. The van der Waals surface area contributed by atoms with Crippen molar-refractivity contribution in [2.75, 3.05) is 0 Å². The predicted molar refractivity (Wildman–Crippen MR) is 201 cm³/mol. The second-order valence-corrected chi connectivity index (χ2v) is 12.9. The number of benzene rings is 10. The Morgan fingerprint density at radius 1 is 0.298 bits per heavy atom. The van der Waals surface area contributed by atoms with Crippen molar-refractivity contribution in [1.82, 2.24) is 0 Å². The lowest BCUT2D eigenvalue weighted by Crippen LogP contribution is -1.89. The quantitative estimate of drug-likeness (QED) is 0.182. The van der Waals surface area contributed by atoms with Gasteiger partial charge in [-0.3, -0.25) is 0 Å². The number of rotatable bonds is 2. The molecule has 1 heterocycles. The van der Waals surface area contributed by atoms with Crippen LogP contribution in [0, 0.1) is 0 Å². The molecule has 0 spiro atoms. The Morgan fingerprint density at radius 3 is 1.77 bits per heavy atom. The molecule has 1 heteroatoms. The van der Waals surface area contributed by atoms with Crippen LogP contribution in [0.15, 0.2) is 162 Å². The Balaban J connectivity index is 1.25. The Morgan fingerprint density at radius 2 is 0.894 bits per heavy atom. The summed E-state index contributed by atoms with van der Waals surface area (Å²) in [5, 5.41) is 17.4. The van der Waals surface area contributed by atoms with E-state index in [0.717, 1.165) is 32.9 Å². The molecule has 0 saturated heterocycles. The molecule has 1 nitrogen and oxygen atoms in total. The lowest BCUT2D eigenvalue weighted by Gasteiger charge is -2.15. The molecule has 11 aromatic rings. The van der Waals surface area contributed by atoms with Gasteiger partial charge in [0.25, 0.3) is 0 Å². The van der Waals surface area contributed by atoms with E-state index in [9.17, 15) is 0 Å². The molecule has 0 radical (unpaired) electrons. The van der Waals surface area contributed by atoms with E-state index in [4.69, 9.17) is 4.42 Å². The molecule has 0 aliphatic heterocycles. The highest BCUT2D eigenvalue weighted by molar-refractivity contribution is 6.26. The van der Waals surface area contributed by atoms with Crippen molar-refractivity contribution in [2.24, 2.45) is 0 Å². The van der Waals surface area contributed by atoms with E-state index in [1.807, 2.05) is 0 Å². The molecular weight excluding hydrogens is 569 g/mol. The van der Waals surface area contributed by atoms with Crippen molar-refractivity contribution >= 4 is 86.6 Å². The van der Waals surface area contributed by atoms with E-state index in [2.05, 4.69) is 158 Å². The highest BCUT2D eigenvalue weighted by Crippen LogP contribution is 2.45. The molecule has 0 unspecified atom stereocenters. The van der Waals surface area contributed by atoms with Gasteiger partial charge in [0.05, 0.1) is 0 Å². The lowest BCUT2D eigenvalue weighted by molar-refractivity contribution is 0.673. The predicted octanol–water partition coefficient (Wildman–Crippen LogP) is 13.3. The standard InChI is InChI=1S/C46H26O/c1-3-10-35-27(6-1)12-15-32-24-33(19-21-36(32)35)41-25-34(26-42-45(41)40-23-16-28-7-2-4-11-38(28)46(40)47-42)37-20-17-31-14-13-29-8-5-9-30-18-22-39(37)44(31)43(29)30/h1-26H. The second kappa shape index (κ2) is 9.19. The maximum Gasteiger partial charge on any atom is 0.143 e. The molecule has 10 aromatic carbocycles. The zero-order valence-corrected chi connectivity index (χ0v) is 25.4. The molecule has 0 bridgehead atoms. The average molecular weight is 595 g/mol. The van der Waals surface area contributed by atoms with E-state index in [1.54, 1.807) is 0 Å². The van der Waals surface area contributed by atoms with Gasteiger partial charge in [0.15, 0.2) is 0 Å². The van der Waals surface area contributed by atoms with Crippen LogP contribution in [-0.2, 0) is 0 Å². The van der Waals surface area contributed by atoms with Crippen molar-refractivity contribution in [1.29, 1.82) is 0 Å². The fraction of sp³-hybridized carbons (Fsp3) is 0. The van der Waals surface area contributed by atoms with Crippen LogP contribution >= 0.6 is 0 Å². The largest absolute Gasteiger partial charge is 0.455 e. The first-order valence-electron chi connectivity index (χ1n) is 16.3. The minimum Gasteiger partial charge on any atom is -0.455 e. The third-order valence-electron chi connectivity index (χ3n) is 10.4. The van der Waals surface area contributed by atoms with Crippen LogP contribution in [0.5, 0.6) is 0 Å². The summed E-state index contributed by atoms with van der Waals surface area (Å²) >= 11 is 0. The van der Waals surface area contributed by atoms with Crippen LogP contribution in [0.3, 0.4) is 0 Å². The average Bonchev–Trinajstić information content (AvgIpc) is 3.52. The first-order chi connectivity index (χ1) is 23.3. The van der Waals surface area contributed by atoms with Crippen LogP contribution in [-0.4, -0.2) is 0 Å². The molecule has 0 saturated carbocycles. The first-order valence-corrected chi connectivity index (χ1v) is 16.3. The molecular formula is C46H26O. The summed E-state index contributed by atoms with van der Waals surface area (Å²) in [7, 11) is 0. The maximum absolute atomic E-state index is 6.86. The van der Waals surface area contributed by atoms with Crippen molar-refractivity contribution in [3.63, 3.8) is 0 Å². The van der Waals surface area contributed by atoms with Gasteiger partial charge >= 0.3 is 0 Å².